The number of carbonyl (C=O) groups excluding carboxylic acids is 1. The van der Waals surface area contributed by atoms with Crippen molar-refractivity contribution in [2.24, 2.45) is 5.92 Å². The number of hydrogen-bond donors (Lipinski definition) is 1. The van der Waals surface area contributed by atoms with Gasteiger partial charge in [0.05, 0.1) is 6.54 Å². The summed E-state index contributed by atoms with van der Waals surface area (Å²) in [7, 11) is 0. The molecule has 0 spiro atoms. The van der Waals surface area contributed by atoms with E-state index in [1.807, 2.05) is 11.0 Å². The Morgan fingerprint density at radius 3 is 3.10 bits per heavy atom. The summed E-state index contributed by atoms with van der Waals surface area (Å²) >= 11 is 0. The SMILES string of the molecule is O=C(CN1C[C@@H]2CCCN[C@@H]2C1)N1CCc2ccccc21. The molecule has 0 radical (unpaired) electrons. The summed E-state index contributed by atoms with van der Waals surface area (Å²) in [6, 6.07) is 8.91. The summed E-state index contributed by atoms with van der Waals surface area (Å²) in [5, 5.41) is 3.60. The maximum absolute atomic E-state index is 12.6. The van der Waals surface area contributed by atoms with Crippen molar-refractivity contribution >= 4 is 11.6 Å². The van der Waals surface area contributed by atoms with Crippen LogP contribution in [0.3, 0.4) is 0 Å². The fourth-order valence-corrected chi connectivity index (χ4v) is 4.14. The normalized spacial score (nSPS) is 28.5. The number of anilines is 1. The van der Waals surface area contributed by atoms with E-state index in [0.717, 1.165) is 44.2 Å². The Balaban J connectivity index is 1.41. The van der Waals surface area contributed by atoms with E-state index in [-0.39, 0.29) is 5.91 Å². The minimum absolute atomic E-state index is 0.263. The highest BCUT2D eigenvalue weighted by atomic mass is 16.2. The van der Waals surface area contributed by atoms with Gasteiger partial charge in [0.2, 0.25) is 5.91 Å². The number of hydrogen-bond acceptors (Lipinski definition) is 3. The zero-order chi connectivity index (χ0) is 14.2. The predicted octanol–water partition coefficient (Wildman–Crippen LogP) is 1.26. The first-order valence-electron chi connectivity index (χ1n) is 8.15. The van der Waals surface area contributed by atoms with E-state index in [1.54, 1.807) is 0 Å². The van der Waals surface area contributed by atoms with Crippen LogP contribution < -0.4 is 10.2 Å². The van der Waals surface area contributed by atoms with Gasteiger partial charge in [0, 0.05) is 31.4 Å². The molecule has 2 fully saturated rings. The molecule has 112 valence electrons. The maximum atomic E-state index is 12.6. The van der Waals surface area contributed by atoms with Gasteiger partial charge in [-0.15, -0.1) is 0 Å². The van der Waals surface area contributed by atoms with E-state index in [4.69, 9.17) is 0 Å². The number of likely N-dealkylation sites (tertiary alicyclic amines) is 1. The van der Waals surface area contributed by atoms with E-state index < -0.39 is 0 Å². The summed E-state index contributed by atoms with van der Waals surface area (Å²) in [6.07, 6.45) is 3.59. The van der Waals surface area contributed by atoms with Crippen LogP contribution in [0.25, 0.3) is 0 Å². The second kappa shape index (κ2) is 5.43. The topological polar surface area (TPSA) is 35.6 Å². The Kier molecular flexibility index (Phi) is 3.43. The standard InChI is InChI=1S/C17H23N3O/c21-17(20-9-7-13-4-1-2-6-16(13)20)12-19-10-14-5-3-8-18-15(14)11-19/h1-2,4,6,14-15,18H,3,5,7-12H2/t14-,15+/m0/s1. The molecule has 4 heteroatoms. The fraction of sp³-hybridized carbons (Fsp3) is 0.588. The monoisotopic (exact) mass is 285 g/mol. The Labute approximate surface area is 126 Å². The zero-order valence-corrected chi connectivity index (χ0v) is 12.4. The molecule has 1 aromatic carbocycles. The lowest BCUT2D eigenvalue weighted by Gasteiger charge is -2.24. The van der Waals surface area contributed by atoms with Crippen LogP contribution in [0.4, 0.5) is 5.69 Å². The Morgan fingerprint density at radius 2 is 2.19 bits per heavy atom. The van der Waals surface area contributed by atoms with Crippen molar-refractivity contribution in [1.82, 2.24) is 10.2 Å². The smallest absolute Gasteiger partial charge is 0.241 e. The predicted molar refractivity (Wildman–Crippen MR) is 83.5 cm³/mol. The maximum Gasteiger partial charge on any atom is 0.241 e. The molecule has 3 heterocycles. The van der Waals surface area contributed by atoms with Gasteiger partial charge in [-0.3, -0.25) is 9.69 Å². The molecule has 2 atom stereocenters. The summed E-state index contributed by atoms with van der Waals surface area (Å²) in [4.78, 5) is 17.0. The molecule has 0 aromatic heterocycles. The summed E-state index contributed by atoms with van der Waals surface area (Å²) in [5.41, 5.74) is 2.43. The molecule has 3 aliphatic rings. The number of fused-ring (bicyclic) bond motifs is 2. The van der Waals surface area contributed by atoms with Crippen molar-refractivity contribution in [3.8, 4) is 0 Å². The number of carbonyl (C=O) groups is 1. The average Bonchev–Trinajstić information content (AvgIpc) is 3.10. The van der Waals surface area contributed by atoms with Crippen molar-refractivity contribution in [3.63, 3.8) is 0 Å². The molecule has 21 heavy (non-hydrogen) atoms. The molecule has 1 N–H and O–H groups in total. The minimum atomic E-state index is 0.263. The third-order valence-corrected chi connectivity index (χ3v) is 5.22. The second-order valence-corrected chi connectivity index (χ2v) is 6.58. The van der Waals surface area contributed by atoms with Crippen LogP contribution in [0.5, 0.6) is 0 Å². The zero-order valence-electron chi connectivity index (χ0n) is 12.4. The van der Waals surface area contributed by atoms with E-state index in [9.17, 15) is 4.79 Å². The fourth-order valence-electron chi connectivity index (χ4n) is 4.14. The van der Waals surface area contributed by atoms with E-state index in [1.165, 1.54) is 18.4 Å². The van der Waals surface area contributed by atoms with Gasteiger partial charge < -0.3 is 10.2 Å². The molecule has 1 aromatic rings. The van der Waals surface area contributed by atoms with Gasteiger partial charge in [-0.05, 0) is 43.4 Å². The quantitative estimate of drug-likeness (QED) is 0.888. The van der Waals surface area contributed by atoms with Gasteiger partial charge in [-0.25, -0.2) is 0 Å². The molecule has 2 saturated heterocycles. The summed E-state index contributed by atoms with van der Waals surface area (Å²) in [6.45, 7) is 4.67. The number of rotatable bonds is 2. The van der Waals surface area contributed by atoms with Gasteiger partial charge in [0.25, 0.3) is 0 Å². The summed E-state index contributed by atoms with van der Waals surface area (Å²) < 4.78 is 0. The molecule has 0 unspecified atom stereocenters. The lowest BCUT2D eigenvalue weighted by molar-refractivity contribution is -0.119. The lowest BCUT2D eigenvalue weighted by atomic mass is 9.94. The molecule has 0 bridgehead atoms. The van der Waals surface area contributed by atoms with Crippen molar-refractivity contribution in [1.29, 1.82) is 0 Å². The first kappa shape index (κ1) is 13.3. The molecular weight excluding hydrogens is 262 g/mol. The molecule has 0 saturated carbocycles. The van der Waals surface area contributed by atoms with Gasteiger partial charge in [-0.1, -0.05) is 18.2 Å². The third kappa shape index (κ3) is 2.47. The average molecular weight is 285 g/mol. The number of amides is 1. The highest BCUT2D eigenvalue weighted by molar-refractivity contribution is 5.96. The van der Waals surface area contributed by atoms with E-state index in [2.05, 4.69) is 28.4 Å². The lowest BCUT2D eigenvalue weighted by Crippen LogP contribution is -2.42. The number of piperidine rings is 1. The summed E-state index contributed by atoms with van der Waals surface area (Å²) in [5.74, 6) is 1.01. The van der Waals surface area contributed by atoms with Gasteiger partial charge in [0.15, 0.2) is 0 Å². The highest BCUT2D eigenvalue weighted by Crippen LogP contribution is 2.29. The first-order chi connectivity index (χ1) is 10.3. The third-order valence-electron chi connectivity index (χ3n) is 5.22. The van der Waals surface area contributed by atoms with Crippen LogP contribution in [0.15, 0.2) is 24.3 Å². The second-order valence-electron chi connectivity index (χ2n) is 6.58. The number of benzene rings is 1. The van der Waals surface area contributed by atoms with Crippen LogP contribution in [0.2, 0.25) is 0 Å². The van der Waals surface area contributed by atoms with Gasteiger partial charge >= 0.3 is 0 Å². The van der Waals surface area contributed by atoms with Crippen molar-refractivity contribution in [2.75, 3.05) is 37.6 Å². The van der Waals surface area contributed by atoms with Crippen molar-refractivity contribution in [2.45, 2.75) is 25.3 Å². The van der Waals surface area contributed by atoms with Crippen LogP contribution in [0.1, 0.15) is 18.4 Å². The van der Waals surface area contributed by atoms with Crippen LogP contribution in [-0.2, 0) is 11.2 Å². The Bertz CT molecular complexity index is 531. The number of para-hydroxylation sites is 1. The molecular formula is C17H23N3O. The minimum Gasteiger partial charge on any atom is -0.312 e. The number of nitrogens with one attached hydrogen (secondary N) is 1. The van der Waals surface area contributed by atoms with Crippen molar-refractivity contribution in [3.05, 3.63) is 29.8 Å². The van der Waals surface area contributed by atoms with Crippen LogP contribution >= 0.6 is 0 Å². The molecule has 3 aliphatic heterocycles. The molecule has 1 amide bonds. The van der Waals surface area contributed by atoms with Crippen molar-refractivity contribution < 1.29 is 4.79 Å². The number of nitrogens with zero attached hydrogens (tertiary/aromatic N) is 2. The molecule has 4 rings (SSSR count). The van der Waals surface area contributed by atoms with Gasteiger partial charge in [0.1, 0.15) is 0 Å². The molecule has 0 aliphatic carbocycles. The van der Waals surface area contributed by atoms with E-state index >= 15 is 0 Å². The first-order valence-corrected chi connectivity index (χ1v) is 8.15. The van der Waals surface area contributed by atoms with Crippen LogP contribution in [0, 0.1) is 5.92 Å². The van der Waals surface area contributed by atoms with Crippen LogP contribution in [-0.4, -0.2) is 49.6 Å². The Hall–Kier alpha value is -1.39. The molecule has 4 nitrogen and oxygen atoms in total. The highest BCUT2D eigenvalue weighted by Gasteiger charge is 2.36. The van der Waals surface area contributed by atoms with Gasteiger partial charge in [-0.2, -0.15) is 0 Å². The largest absolute Gasteiger partial charge is 0.312 e. The van der Waals surface area contributed by atoms with E-state index in [0.29, 0.717) is 12.6 Å². The Morgan fingerprint density at radius 1 is 1.29 bits per heavy atom.